The van der Waals surface area contributed by atoms with E-state index in [9.17, 15) is 19.2 Å². The molecule has 3 saturated heterocycles. The van der Waals surface area contributed by atoms with Gasteiger partial charge in [0.25, 0.3) is 11.8 Å². The lowest BCUT2D eigenvalue weighted by Crippen LogP contribution is -2.49. The van der Waals surface area contributed by atoms with Gasteiger partial charge in [-0.3, -0.25) is 19.2 Å². The van der Waals surface area contributed by atoms with E-state index in [1.807, 2.05) is 61.7 Å². The Kier molecular flexibility index (Phi) is 28.0. The van der Waals surface area contributed by atoms with Crippen LogP contribution in [0.15, 0.2) is 98.5 Å². The predicted molar refractivity (Wildman–Crippen MR) is 319 cm³/mol. The Morgan fingerprint density at radius 2 is 1.57 bits per heavy atom. The van der Waals surface area contributed by atoms with Gasteiger partial charge in [-0.25, -0.2) is 10.1 Å². The number of nitrogens with zero attached hydrogens (tertiary/aromatic N) is 8. The predicted octanol–water partition coefficient (Wildman–Crippen LogP) is 7.79. The Morgan fingerprint density at radius 3 is 2.25 bits per heavy atom. The zero-order valence-corrected chi connectivity index (χ0v) is 48.6. The summed E-state index contributed by atoms with van der Waals surface area (Å²) in [6, 6.07) is 17.3. The van der Waals surface area contributed by atoms with Crippen molar-refractivity contribution in [3.63, 3.8) is 0 Å². The van der Waals surface area contributed by atoms with Crippen LogP contribution in [0.1, 0.15) is 129 Å². The minimum atomic E-state index is -0.509. The van der Waals surface area contributed by atoms with Crippen LogP contribution in [-0.2, 0) is 25.6 Å². The number of aromatic amines is 1. The number of fused-ring (bicyclic) bond motifs is 1. The molecule has 0 unspecified atom stereocenters. The standard InChI is InChI=1S/C29H38N8O3.C14H26N6O.C12H16N2O.C3H3ClO/c1-4-25(38)36-12-6-9-23(18-36)32-27(39)21-8-5-7-20(15-21)16-30-29-35-28(33-22-10-13-40-14-11-22)34-26-24(19(2)3)17-31-37(26)29;1-5-21-8-6-7-16-14-17-9-12(11(2)3)10-18-20-13(15-4)19-14;15-12(10-5-2-1-3-6-10)14-11-7-4-8-13-9-11;1-2-3(4)5/h4-5,7-8,15,17,19,22-23H,1,6,9-14,16,18H2,2-3H3,(H,32,39)(H2,30,33,34,35);9-11H,5-8H2,1-4H3,(H3,15,16,17,19,20);1-3,5-6,11,13H,4,7-9H2,(H,14,15);2H,1H2/t23-;;11-;/m0.0./s1. The van der Waals surface area contributed by atoms with Gasteiger partial charge in [-0.15, -0.1) is 0 Å². The normalized spacial score (nSPS) is 15.9. The summed E-state index contributed by atoms with van der Waals surface area (Å²) in [6.07, 6.45) is 14.4. The highest BCUT2D eigenvalue weighted by molar-refractivity contribution is 6.66. The second kappa shape index (κ2) is 35.3. The smallest absolute Gasteiger partial charge is 0.251 e. The first-order valence-corrected chi connectivity index (χ1v) is 28.3. The van der Waals surface area contributed by atoms with E-state index < -0.39 is 5.24 Å². The number of anilines is 4. The molecule has 3 amide bonds. The first-order chi connectivity index (χ1) is 39.2. The van der Waals surface area contributed by atoms with Gasteiger partial charge >= 0.3 is 0 Å². The van der Waals surface area contributed by atoms with E-state index in [2.05, 4.69) is 103 Å². The molecule has 0 radical (unpaired) electrons. The topological polar surface area (TPSA) is 272 Å². The summed E-state index contributed by atoms with van der Waals surface area (Å²) in [7, 11) is 1.78. The molecule has 3 aromatic heterocycles. The Morgan fingerprint density at radius 1 is 0.840 bits per heavy atom. The van der Waals surface area contributed by atoms with Crippen molar-refractivity contribution in [2.24, 2.45) is 0 Å². The molecule has 3 aliphatic rings. The van der Waals surface area contributed by atoms with E-state index in [-0.39, 0.29) is 41.8 Å². The molecule has 2 aromatic carbocycles. The van der Waals surface area contributed by atoms with Gasteiger partial charge in [0, 0.05) is 107 Å². The van der Waals surface area contributed by atoms with Crippen LogP contribution < -0.4 is 37.2 Å². The summed E-state index contributed by atoms with van der Waals surface area (Å²) in [4.78, 5) is 66.3. The van der Waals surface area contributed by atoms with Gasteiger partial charge in [0.2, 0.25) is 34.9 Å². The van der Waals surface area contributed by atoms with Crippen LogP contribution in [-0.4, -0.2) is 152 Å². The van der Waals surface area contributed by atoms with Crippen molar-refractivity contribution < 1.29 is 28.7 Å². The van der Waals surface area contributed by atoms with E-state index in [0.717, 1.165) is 125 Å². The average Bonchev–Trinajstić information content (AvgIpc) is 3.96. The Balaban J connectivity index is 0.000000243. The zero-order chi connectivity index (χ0) is 58.4. The number of carbonyl (C=O) groups is 4. The molecule has 81 heavy (non-hydrogen) atoms. The summed E-state index contributed by atoms with van der Waals surface area (Å²) in [5, 5.41) is 33.5. The molecule has 0 aliphatic carbocycles. The van der Waals surface area contributed by atoms with Gasteiger partial charge in [-0.1, -0.05) is 71.2 Å². The molecule has 6 heterocycles. The first kappa shape index (κ1) is 64.3. The lowest BCUT2D eigenvalue weighted by molar-refractivity contribution is -0.127. The monoisotopic (exact) mass is 1130 g/mol. The van der Waals surface area contributed by atoms with Crippen LogP contribution in [0.3, 0.4) is 0 Å². The van der Waals surface area contributed by atoms with Gasteiger partial charge in [-0.05, 0) is 129 Å². The molecule has 0 saturated carbocycles. The minimum absolute atomic E-state index is 0.0318. The Hall–Kier alpha value is -7.53. The number of ether oxygens (including phenoxy) is 2. The maximum atomic E-state index is 13.1. The number of hydrogen-bond donors (Lipinski definition) is 8. The number of piperidine rings is 2. The van der Waals surface area contributed by atoms with E-state index in [1.165, 1.54) is 6.08 Å². The van der Waals surface area contributed by atoms with Crippen LogP contribution in [0.2, 0.25) is 0 Å². The summed E-state index contributed by atoms with van der Waals surface area (Å²) in [5.74, 6) is 2.61. The van der Waals surface area contributed by atoms with Crippen LogP contribution in [0.25, 0.3) is 5.65 Å². The summed E-state index contributed by atoms with van der Waals surface area (Å²) in [6.45, 7) is 24.3. The molecule has 3 fully saturated rings. The van der Waals surface area contributed by atoms with Crippen LogP contribution in [0.5, 0.6) is 0 Å². The number of allylic oxidation sites excluding steroid dienone is 1. The third-order valence-corrected chi connectivity index (χ3v) is 13.2. The number of amides is 3. The van der Waals surface area contributed by atoms with Gasteiger partial charge in [-0.2, -0.15) is 29.7 Å². The molecule has 3 aliphatic heterocycles. The van der Waals surface area contributed by atoms with Crippen molar-refractivity contribution in [1.29, 1.82) is 0 Å². The Bertz CT molecular complexity index is 2820. The fourth-order valence-electron chi connectivity index (χ4n) is 8.55. The van der Waals surface area contributed by atoms with Crippen molar-refractivity contribution >= 4 is 64.0 Å². The third-order valence-electron chi connectivity index (χ3n) is 13.1. The number of benzene rings is 2. The lowest BCUT2D eigenvalue weighted by atomic mass is 10.0. The summed E-state index contributed by atoms with van der Waals surface area (Å²) < 4.78 is 12.5. The van der Waals surface area contributed by atoms with Gasteiger partial charge < -0.3 is 51.6 Å². The molecule has 8 rings (SSSR count). The van der Waals surface area contributed by atoms with Crippen LogP contribution >= 0.6 is 11.6 Å². The van der Waals surface area contributed by atoms with Crippen molar-refractivity contribution in [3.8, 4) is 0 Å². The highest BCUT2D eigenvalue weighted by atomic mass is 35.5. The maximum absolute atomic E-state index is 13.1. The SMILES string of the molecule is C=CC(=O)Cl.C=CC(=O)N1CCC[C@H](NC(=O)c2cccc(CNc3nc(NC4CCOCC4)nc4c(C(C)C)cnn34)c2)C1.CCOCCCNc1ncc(C(C)C)cn[nH]c(NC)n1.O=C(N[C@H]1CCCNC1)c1ccccc1. The molecule has 23 heteroatoms. The molecule has 5 aromatic rings. The molecule has 438 valence electrons. The van der Waals surface area contributed by atoms with Crippen molar-refractivity contribution in [2.45, 2.75) is 116 Å². The number of carbonyl (C=O) groups excluding carboxylic acids is 4. The number of likely N-dealkylation sites (tertiary alicyclic amines) is 1. The number of nitrogens with one attached hydrogen (secondary N) is 8. The summed E-state index contributed by atoms with van der Waals surface area (Å²) >= 11 is 4.71. The third kappa shape index (κ3) is 22.5. The number of H-pyrrole nitrogens is 1. The minimum Gasteiger partial charge on any atom is -0.382 e. The van der Waals surface area contributed by atoms with Crippen molar-refractivity contribution in [3.05, 3.63) is 126 Å². The molecule has 0 spiro atoms. The molecule has 22 nitrogen and oxygen atoms in total. The van der Waals surface area contributed by atoms with Crippen LogP contribution in [0, 0.1) is 0 Å². The second-order valence-electron chi connectivity index (χ2n) is 19.9. The lowest BCUT2D eigenvalue weighted by Gasteiger charge is -2.32. The number of hydrogen-bond acceptors (Lipinski definition) is 17. The van der Waals surface area contributed by atoms with Gasteiger partial charge in [0.05, 0.1) is 12.4 Å². The largest absolute Gasteiger partial charge is 0.382 e. The molecular formula is C58H83ClN16O6. The molecule has 2 atom stereocenters. The fourth-order valence-corrected chi connectivity index (χ4v) is 8.55. The average molecular weight is 1140 g/mol. The van der Waals surface area contributed by atoms with Crippen LogP contribution in [0.4, 0.5) is 23.8 Å². The first-order valence-electron chi connectivity index (χ1n) is 27.9. The molecular weight excluding hydrogens is 1050 g/mol. The highest BCUT2D eigenvalue weighted by Gasteiger charge is 2.25. The highest BCUT2D eigenvalue weighted by Crippen LogP contribution is 2.24. The Labute approximate surface area is 481 Å². The van der Waals surface area contributed by atoms with Crippen molar-refractivity contribution in [2.75, 3.05) is 87.5 Å². The van der Waals surface area contributed by atoms with Crippen molar-refractivity contribution in [1.82, 2.24) is 60.6 Å². The second-order valence-corrected chi connectivity index (χ2v) is 20.3. The maximum Gasteiger partial charge on any atom is 0.251 e. The van der Waals surface area contributed by atoms with Gasteiger partial charge in [0.1, 0.15) is 0 Å². The summed E-state index contributed by atoms with van der Waals surface area (Å²) in [5.41, 5.74) is 5.10. The van der Waals surface area contributed by atoms with E-state index in [1.54, 1.807) is 34.9 Å². The fraction of sp³-hybridized carbons (Fsp3) is 0.483. The van der Waals surface area contributed by atoms with E-state index in [4.69, 9.17) is 31.0 Å². The van der Waals surface area contributed by atoms with E-state index in [0.29, 0.717) is 54.9 Å². The molecule has 8 N–H and O–H groups in total. The number of halogens is 1. The van der Waals surface area contributed by atoms with Gasteiger partial charge in [0.15, 0.2) is 5.65 Å². The number of aromatic nitrogens is 8. The van der Waals surface area contributed by atoms with E-state index >= 15 is 0 Å². The zero-order valence-electron chi connectivity index (χ0n) is 47.8. The molecule has 0 bridgehead atoms. The quantitative estimate of drug-likeness (QED) is 0.0210. The number of rotatable bonds is 20.